The summed E-state index contributed by atoms with van der Waals surface area (Å²) in [7, 11) is 1.45. The summed E-state index contributed by atoms with van der Waals surface area (Å²) in [5, 5.41) is 0.671. The van der Waals surface area contributed by atoms with E-state index < -0.39 is 16.6 Å². The number of fused-ring (bicyclic) bond motifs is 1. The molecule has 8 heteroatoms. The minimum absolute atomic E-state index is 0.165. The van der Waals surface area contributed by atoms with Crippen LogP contribution in [0, 0.1) is 6.92 Å². The van der Waals surface area contributed by atoms with Crippen LogP contribution in [0.1, 0.15) is 31.9 Å². The molecule has 0 bridgehead atoms. The molecule has 0 fully saturated rings. The van der Waals surface area contributed by atoms with Crippen molar-refractivity contribution in [2.75, 3.05) is 7.11 Å². The van der Waals surface area contributed by atoms with Crippen LogP contribution in [0.25, 0.3) is 10.9 Å². The third-order valence-corrected chi connectivity index (χ3v) is 5.42. The van der Waals surface area contributed by atoms with E-state index in [9.17, 15) is 18.0 Å². The van der Waals surface area contributed by atoms with Gasteiger partial charge in [-0.05, 0) is 36.8 Å². The lowest BCUT2D eigenvalue weighted by Crippen LogP contribution is -2.09. The molecule has 0 aliphatic heterocycles. The summed E-state index contributed by atoms with van der Waals surface area (Å²) < 4.78 is 44.7. The number of carbonyl (C=O) groups excluding carboxylic acids is 1. The molecule has 0 spiro atoms. The highest BCUT2D eigenvalue weighted by Gasteiger charge is 2.32. The summed E-state index contributed by atoms with van der Waals surface area (Å²) in [6.07, 6.45) is -3.07. The van der Waals surface area contributed by atoms with Crippen molar-refractivity contribution < 1.29 is 22.7 Å². The van der Waals surface area contributed by atoms with E-state index in [4.69, 9.17) is 16.3 Å². The van der Waals surface area contributed by atoms with Crippen LogP contribution in [0.4, 0.5) is 13.2 Å². The molecule has 0 aliphatic carbocycles. The minimum atomic E-state index is -4.50. The quantitative estimate of drug-likeness (QED) is 0.358. The molecule has 3 nitrogen and oxygen atoms in total. The van der Waals surface area contributed by atoms with Crippen LogP contribution in [0.3, 0.4) is 0 Å². The number of aryl methyl sites for hydroxylation is 1. The number of methoxy groups -OCH3 is 1. The van der Waals surface area contributed by atoms with Crippen molar-refractivity contribution in [1.82, 2.24) is 4.98 Å². The maximum absolute atomic E-state index is 13.2. The zero-order valence-electron chi connectivity index (χ0n) is 14.2. The molecule has 3 aromatic rings. The molecule has 0 saturated heterocycles. The van der Waals surface area contributed by atoms with Gasteiger partial charge in [0.05, 0.1) is 12.7 Å². The van der Waals surface area contributed by atoms with Crippen LogP contribution in [-0.2, 0) is 6.18 Å². The number of aromatic nitrogens is 1. The molecular weight excluding hydrogens is 447 g/mol. The van der Waals surface area contributed by atoms with Crippen LogP contribution >= 0.6 is 27.5 Å². The average molecular weight is 461 g/mol. The van der Waals surface area contributed by atoms with Gasteiger partial charge in [0.2, 0.25) is 0 Å². The fraction of sp³-hybridized carbons (Fsp3) is 0.211. The first-order chi connectivity index (χ1) is 12.6. The number of H-pyrrole nitrogens is 1. The Labute approximate surface area is 166 Å². The average Bonchev–Trinajstić information content (AvgIpc) is 3.04. The second-order valence-electron chi connectivity index (χ2n) is 6.03. The lowest BCUT2D eigenvalue weighted by Gasteiger charge is -2.14. The van der Waals surface area contributed by atoms with Gasteiger partial charge in [-0.1, -0.05) is 33.6 Å². The van der Waals surface area contributed by atoms with Gasteiger partial charge in [-0.3, -0.25) is 4.79 Å². The predicted molar refractivity (Wildman–Crippen MR) is 102 cm³/mol. The maximum Gasteiger partial charge on any atom is 0.416 e. The number of aromatic amines is 1. The monoisotopic (exact) mass is 459 g/mol. The van der Waals surface area contributed by atoms with Crippen molar-refractivity contribution in [3.63, 3.8) is 0 Å². The second-order valence-corrected chi connectivity index (χ2v) is 7.38. The molecular formula is C19H14BrClF3NO2. The Balaban J connectivity index is 2.09. The van der Waals surface area contributed by atoms with Crippen LogP contribution in [0.2, 0.25) is 5.02 Å². The van der Waals surface area contributed by atoms with Gasteiger partial charge in [-0.15, -0.1) is 0 Å². The molecule has 3 rings (SSSR count). The molecule has 1 aromatic heterocycles. The number of carbonyl (C=O) groups is 1. The first kappa shape index (κ1) is 19.8. The van der Waals surface area contributed by atoms with Crippen molar-refractivity contribution in [2.45, 2.75) is 17.9 Å². The molecule has 1 atom stereocenters. The maximum atomic E-state index is 13.2. The number of hydrogen-bond donors (Lipinski definition) is 1. The van der Waals surface area contributed by atoms with Gasteiger partial charge in [0.1, 0.15) is 10.6 Å². The van der Waals surface area contributed by atoms with E-state index in [0.717, 1.165) is 12.1 Å². The lowest BCUT2D eigenvalue weighted by molar-refractivity contribution is -0.137. The number of ketones is 1. The van der Waals surface area contributed by atoms with Gasteiger partial charge in [0, 0.05) is 33.2 Å². The predicted octanol–water partition coefficient (Wildman–Crippen LogP) is 6.48. The molecule has 1 heterocycles. The van der Waals surface area contributed by atoms with Crippen molar-refractivity contribution in [3.05, 3.63) is 63.8 Å². The Hall–Kier alpha value is -1.99. The first-order valence-electron chi connectivity index (χ1n) is 7.84. The zero-order valence-corrected chi connectivity index (χ0v) is 16.6. The van der Waals surface area contributed by atoms with Crippen LogP contribution in [-0.4, -0.2) is 17.9 Å². The Morgan fingerprint density at radius 3 is 2.59 bits per heavy atom. The van der Waals surface area contributed by atoms with E-state index in [1.807, 2.05) is 0 Å². The second kappa shape index (κ2) is 7.20. The highest BCUT2D eigenvalue weighted by molar-refractivity contribution is 9.09. The third kappa shape index (κ3) is 3.71. The largest absolute Gasteiger partial charge is 0.496 e. The summed E-state index contributed by atoms with van der Waals surface area (Å²) in [4.78, 5) is 15.1. The SMILES string of the molecule is COc1cc(Cl)ccc1C(Br)[12C](=O)c1c[nH]c2c(C)cc(C(F)(F)F)cc12. The number of hydrogen-bond acceptors (Lipinski definition) is 2. The van der Waals surface area contributed by atoms with Crippen LogP contribution < -0.4 is 4.74 Å². The van der Waals surface area contributed by atoms with Gasteiger partial charge >= 0.3 is 6.18 Å². The number of halogens is 5. The molecule has 0 amide bonds. The van der Waals surface area contributed by atoms with E-state index >= 15 is 0 Å². The number of benzene rings is 2. The summed E-state index contributed by atoms with van der Waals surface area (Å²) in [6.45, 7) is 1.57. The molecule has 0 saturated carbocycles. The normalized spacial score (nSPS) is 13.0. The summed E-state index contributed by atoms with van der Waals surface area (Å²) in [5.74, 6) is 0.0188. The standard InChI is InChI=1S/C19H14BrClF3NO2/c1-9-5-10(19(22,23)24)6-13-14(8-25-17(9)13)18(26)16(20)12-4-3-11(21)7-15(12)27-2/h3-8,16,25H,1-2H3/i18+0. The van der Waals surface area contributed by atoms with Gasteiger partial charge in [-0.2, -0.15) is 13.2 Å². The number of alkyl halides is 4. The van der Waals surface area contributed by atoms with Crippen LogP contribution in [0.5, 0.6) is 5.75 Å². The number of nitrogens with one attached hydrogen (secondary N) is 1. The summed E-state index contributed by atoms with van der Waals surface area (Å²) >= 11 is 9.29. The smallest absolute Gasteiger partial charge is 0.416 e. The Bertz CT molecular complexity index is 1030. The highest BCUT2D eigenvalue weighted by Crippen LogP contribution is 2.38. The Morgan fingerprint density at radius 1 is 1.26 bits per heavy atom. The molecule has 2 aromatic carbocycles. The van der Waals surface area contributed by atoms with Crippen molar-refractivity contribution >= 4 is 44.2 Å². The van der Waals surface area contributed by atoms with Crippen molar-refractivity contribution in [1.29, 1.82) is 0 Å². The topological polar surface area (TPSA) is 42.1 Å². The first-order valence-corrected chi connectivity index (χ1v) is 9.13. The van der Waals surface area contributed by atoms with Crippen LogP contribution in [0.15, 0.2) is 36.5 Å². The van der Waals surface area contributed by atoms with Crippen molar-refractivity contribution in [3.8, 4) is 5.75 Å². The summed E-state index contributed by atoms with van der Waals surface area (Å²) in [5.41, 5.74) is 0.808. The molecule has 0 radical (unpaired) electrons. The van der Waals surface area contributed by atoms with Gasteiger partial charge in [0.15, 0.2) is 5.78 Å². The number of Topliss-reactive ketones (excluding diaryl/α,β-unsaturated/α-hetero) is 1. The van der Waals surface area contributed by atoms with E-state index in [-0.39, 0.29) is 16.7 Å². The van der Waals surface area contributed by atoms with E-state index in [1.54, 1.807) is 25.1 Å². The van der Waals surface area contributed by atoms with E-state index in [0.29, 0.717) is 27.4 Å². The Morgan fingerprint density at radius 2 is 1.96 bits per heavy atom. The number of rotatable bonds is 4. The zero-order chi connectivity index (χ0) is 19.9. The minimum Gasteiger partial charge on any atom is -0.496 e. The van der Waals surface area contributed by atoms with Gasteiger partial charge < -0.3 is 9.72 Å². The molecule has 1 N–H and O–H groups in total. The van der Waals surface area contributed by atoms with E-state index in [1.165, 1.54) is 13.3 Å². The molecule has 142 valence electrons. The highest BCUT2D eigenvalue weighted by atomic mass is 79.9. The molecule has 0 aliphatic rings. The molecule has 1 unspecified atom stereocenters. The van der Waals surface area contributed by atoms with Gasteiger partial charge in [0.25, 0.3) is 0 Å². The van der Waals surface area contributed by atoms with Crippen molar-refractivity contribution in [2.24, 2.45) is 0 Å². The number of ether oxygens (including phenoxy) is 1. The molecule has 27 heavy (non-hydrogen) atoms. The Kier molecular flexibility index (Phi) is 5.27. The third-order valence-electron chi connectivity index (χ3n) is 4.28. The summed E-state index contributed by atoms with van der Waals surface area (Å²) in [6, 6.07) is 6.87. The van der Waals surface area contributed by atoms with E-state index in [2.05, 4.69) is 20.9 Å². The van der Waals surface area contributed by atoms with Gasteiger partial charge in [-0.25, -0.2) is 0 Å². The fourth-order valence-electron chi connectivity index (χ4n) is 2.95. The lowest BCUT2D eigenvalue weighted by atomic mass is 9.99. The fourth-order valence-corrected chi connectivity index (χ4v) is 3.74.